The maximum absolute atomic E-state index is 8.88. The predicted octanol–water partition coefficient (Wildman–Crippen LogP) is 1.12. The summed E-state index contributed by atoms with van der Waals surface area (Å²) >= 11 is 0. The summed E-state index contributed by atoms with van der Waals surface area (Å²) in [7, 11) is 0. The van der Waals surface area contributed by atoms with Crippen LogP contribution in [0, 0.1) is 11.3 Å². The summed E-state index contributed by atoms with van der Waals surface area (Å²) in [5.41, 5.74) is 1.34. The van der Waals surface area contributed by atoms with Gasteiger partial charge in [0.2, 0.25) is 0 Å². The lowest BCUT2D eigenvalue weighted by Gasteiger charge is -2.24. The Morgan fingerprint density at radius 2 is 2.27 bits per heavy atom. The van der Waals surface area contributed by atoms with E-state index in [4.69, 9.17) is 5.26 Å². The molecule has 2 N–H and O–H groups in total. The zero-order chi connectivity index (χ0) is 10.5. The van der Waals surface area contributed by atoms with Gasteiger partial charge in [-0.15, -0.1) is 0 Å². The molecule has 2 heterocycles. The Bertz CT molecular complexity index is 363. The molecule has 0 spiro atoms. The Morgan fingerprint density at radius 3 is 3.00 bits per heavy atom. The number of pyridine rings is 1. The van der Waals surface area contributed by atoms with Gasteiger partial charge in [-0.2, -0.15) is 5.26 Å². The van der Waals surface area contributed by atoms with Crippen molar-refractivity contribution in [1.29, 1.82) is 5.26 Å². The monoisotopic (exact) mass is 202 g/mol. The van der Waals surface area contributed by atoms with E-state index in [1.165, 1.54) is 0 Å². The molecule has 15 heavy (non-hydrogen) atoms. The van der Waals surface area contributed by atoms with Crippen molar-refractivity contribution in [2.75, 3.05) is 18.4 Å². The molecule has 1 aromatic rings. The summed E-state index contributed by atoms with van der Waals surface area (Å²) in [5.74, 6) is 0. The quantitative estimate of drug-likeness (QED) is 0.754. The summed E-state index contributed by atoms with van der Waals surface area (Å²) in [6.45, 7) is 2.08. The number of anilines is 1. The number of nitrogens with zero attached hydrogens (tertiary/aromatic N) is 2. The van der Waals surface area contributed by atoms with Crippen LogP contribution in [0.5, 0.6) is 0 Å². The Labute approximate surface area is 89.3 Å². The van der Waals surface area contributed by atoms with E-state index < -0.39 is 0 Å². The minimum Gasteiger partial charge on any atom is -0.380 e. The van der Waals surface area contributed by atoms with Crippen molar-refractivity contribution in [1.82, 2.24) is 10.3 Å². The van der Waals surface area contributed by atoms with Gasteiger partial charge in [-0.1, -0.05) is 0 Å². The van der Waals surface area contributed by atoms with Crippen LogP contribution in [-0.2, 0) is 0 Å². The van der Waals surface area contributed by atoms with Crippen LogP contribution in [0.4, 0.5) is 5.69 Å². The first-order valence-corrected chi connectivity index (χ1v) is 5.22. The highest BCUT2D eigenvalue weighted by molar-refractivity contribution is 5.53. The smallest absolute Gasteiger partial charge is 0.163 e. The van der Waals surface area contributed by atoms with E-state index in [9.17, 15) is 0 Å². The van der Waals surface area contributed by atoms with Crippen LogP contribution in [0.3, 0.4) is 0 Å². The first-order valence-electron chi connectivity index (χ1n) is 5.22. The van der Waals surface area contributed by atoms with Gasteiger partial charge in [-0.25, -0.2) is 4.98 Å². The second-order valence-corrected chi connectivity index (χ2v) is 3.68. The first kappa shape index (κ1) is 9.94. The van der Waals surface area contributed by atoms with E-state index in [1.807, 2.05) is 12.1 Å². The third kappa shape index (κ3) is 2.45. The van der Waals surface area contributed by atoms with E-state index in [2.05, 4.69) is 21.7 Å². The van der Waals surface area contributed by atoms with Gasteiger partial charge in [0.1, 0.15) is 6.07 Å². The van der Waals surface area contributed by atoms with Gasteiger partial charge in [0.15, 0.2) is 5.69 Å². The van der Waals surface area contributed by atoms with Crippen LogP contribution in [0.1, 0.15) is 18.5 Å². The molecule has 4 heteroatoms. The minimum absolute atomic E-state index is 0.461. The fraction of sp³-hybridized carbons (Fsp3) is 0.455. The van der Waals surface area contributed by atoms with Crippen molar-refractivity contribution in [2.45, 2.75) is 18.9 Å². The number of rotatable bonds is 2. The molecule has 0 atom stereocenters. The summed E-state index contributed by atoms with van der Waals surface area (Å²) in [6, 6.07) is 6.32. The molecule has 0 aromatic carbocycles. The van der Waals surface area contributed by atoms with Crippen LogP contribution >= 0.6 is 0 Å². The topological polar surface area (TPSA) is 60.7 Å². The maximum Gasteiger partial charge on any atom is 0.163 e. The average Bonchev–Trinajstić information content (AvgIpc) is 2.31. The highest BCUT2D eigenvalue weighted by Crippen LogP contribution is 2.15. The third-order valence-corrected chi connectivity index (χ3v) is 2.61. The van der Waals surface area contributed by atoms with E-state index in [0.29, 0.717) is 11.7 Å². The second-order valence-electron chi connectivity index (χ2n) is 3.68. The molecule has 78 valence electrons. The van der Waals surface area contributed by atoms with E-state index >= 15 is 0 Å². The Balaban J connectivity index is 2.06. The number of hydrogen-bond donors (Lipinski definition) is 2. The highest BCUT2D eigenvalue weighted by Gasteiger charge is 2.13. The predicted molar refractivity (Wildman–Crippen MR) is 58.5 cm³/mol. The van der Waals surface area contributed by atoms with Gasteiger partial charge >= 0.3 is 0 Å². The SMILES string of the molecule is N#Cc1ncccc1NC1CCNCC1. The average molecular weight is 202 g/mol. The van der Waals surface area contributed by atoms with Crippen molar-refractivity contribution in [3.63, 3.8) is 0 Å². The summed E-state index contributed by atoms with van der Waals surface area (Å²) in [6.07, 6.45) is 3.84. The highest BCUT2D eigenvalue weighted by atomic mass is 15.0. The number of nitrogens with one attached hydrogen (secondary N) is 2. The number of hydrogen-bond acceptors (Lipinski definition) is 4. The van der Waals surface area contributed by atoms with Crippen molar-refractivity contribution >= 4 is 5.69 Å². The molecule has 1 fully saturated rings. The summed E-state index contributed by atoms with van der Waals surface area (Å²) in [4.78, 5) is 4.02. The van der Waals surface area contributed by atoms with E-state index in [1.54, 1.807) is 6.20 Å². The second kappa shape index (κ2) is 4.76. The normalized spacial score (nSPS) is 17.0. The fourth-order valence-corrected chi connectivity index (χ4v) is 1.80. The third-order valence-electron chi connectivity index (χ3n) is 2.61. The van der Waals surface area contributed by atoms with Gasteiger partial charge < -0.3 is 10.6 Å². The van der Waals surface area contributed by atoms with Gasteiger partial charge in [-0.05, 0) is 38.1 Å². The van der Waals surface area contributed by atoms with Gasteiger partial charge in [-0.3, -0.25) is 0 Å². The standard InChI is InChI=1S/C11H14N4/c12-8-11-10(2-1-5-14-11)15-9-3-6-13-7-4-9/h1-2,5,9,13,15H,3-4,6-7H2. The molecule has 4 nitrogen and oxygen atoms in total. The molecule has 0 radical (unpaired) electrons. The van der Waals surface area contributed by atoms with E-state index in [0.717, 1.165) is 31.6 Å². The molecule has 0 saturated carbocycles. The zero-order valence-corrected chi connectivity index (χ0v) is 8.53. The lowest BCUT2D eigenvalue weighted by atomic mass is 10.1. The van der Waals surface area contributed by atoms with Crippen molar-refractivity contribution in [2.24, 2.45) is 0 Å². The Kier molecular flexibility index (Phi) is 3.15. The van der Waals surface area contributed by atoms with Crippen LogP contribution in [0.15, 0.2) is 18.3 Å². The molecule has 1 aromatic heterocycles. The molecule has 0 amide bonds. The molecule has 2 rings (SSSR count). The fourth-order valence-electron chi connectivity index (χ4n) is 1.80. The summed E-state index contributed by atoms with van der Waals surface area (Å²) < 4.78 is 0. The van der Waals surface area contributed by atoms with Crippen molar-refractivity contribution in [3.8, 4) is 6.07 Å². The van der Waals surface area contributed by atoms with Gasteiger partial charge in [0, 0.05) is 12.2 Å². The van der Waals surface area contributed by atoms with Crippen molar-refractivity contribution in [3.05, 3.63) is 24.0 Å². The zero-order valence-electron chi connectivity index (χ0n) is 8.53. The summed E-state index contributed by atoms with van der Waals surface area (Å²) in [5, 5.41) is 15.6. The molecule has 0 bridgehead atoms. The molecular weight excluding hydrogens is 188 g/mol. The number of aromatic nitrogens is 1. The molecule has 0 unspecified atom stereocenters. The largest absolute Gasteiger partial charge is 0.380 e. The molecule has 1 aliphatic heterocycles. The van der Waals surface area contributed by atoms with Gasteiger partial charge in [0.25, 0.3) is 0 Å². The number of piperidine rings is 1. The van der Waals surface area contributed by atoms with Crippen molar-refractivity contribution < 1.29 is 0 Å². The lowest BCUT2D eigenvalue weighted by molar-refractivity contribution is 0.479. The molecule has 1 aliphatic rings. The Morgan fingerprint density at radius 1 is 1.47 bits per heavy atom. The number of nitriles is 1. The van der Waals surface area contributed by atoms with Crippen LogP contribution in [0.2, 0.25) is 0 Å². The van der Waals surface area contributed by atoms with Crippen LogP contribution < -0.4 is 10.6 Å². The lowest BCUT2D eigenvalue weighted by Crippen LogP contribution is -2.35. The van der Waals surface area contributed by atoms with Gasteiger partial charge in [0.05, 0.1) is 5.69 Å². The maximum atomic E-state index is 8.88. The Hall–Kier alpha value is -1.60. The van der Waals surface area contributed by atoms with Crippen LogP contribution in [0.25, 0.3) is 0 Å². The first-order chi connectivity index (χ1) is 7.40. The van der Waals surface area contributed by atoms with Crippen LogP contribution in [-0.4, -0.2) is 24.1 Å². The molecule has 0 aliphatic carbocycles. The minimum atomic E-state index is 0.461. The molecule has 1 saturated heterocycles. The van der Waals surface area contributed by atoms with E-state index in [-0.39, 0.29) is 0 Å². The molecular formula is C11H14N4.